The van der Waals surface area contributed by atoms with Crippen LogP contribution in [0.15, 0.2) is 21.4 Å². The van der Waals surface area contributed by atoms with Crippen LogP contribution in [-0.4, -0.2) is 21.9 Å². The summed E-state index contributed by atoms with van der Waals surface area (Å²) >= 11 is 2.86. The minimum absolute atomic E-state index is 0.0254. The summed E-state index contributed by atoms with van der Waals surface area (Å²) in [6.45, 7) is 0. The topological polar surface area (TPSA) is 65.7 Å². The van der Waals surface area contributed by atoms with Crippen molar-refractivity contribution in [3.8, 4) is 0 Å². The molecule has 0 radical (unpaired) electrons. The molecule has 0 fully saturated rings. The Morgan fingerprint density at radius 1 is 1.18 bits per heavy atom. The molecule has 17 heavy (non-hydrogen) atoms. The van der Waals surface area contributed by atoms with E-state index in [1.54, 1.807) is 0 Å². The molecule has 2 N–H and O–H groups in total. The van der Waals surface area contributed by atoms with Crippen molar-refractivity contribution in [2.75, 3.05) is 0 Å². The third kappa shape index (κ3) is 2.12. The molecule has 0 aliphatic heterocycles. The second kappa shape index (κ2) is 3.73. The minimum Gasteiger partial charge on any atom is -0.306 e. The number of ketones is 1. The number of rotatable bonds is 1. The van der Waals surface area contributed by atoms with Gasteiger partial charge >= 0.3 is 11.9 Å². The molecular formula is C9H4BrF3N2O2. The number of Topliss-reactive ketones (excluding diaryl/α,β-unsaturated/α-hetero) is 1. The zero-order valence-electron chi connectivity index (χ0n) is 7.98. The number of fused-ring (bicyclic) bond motifs is 1. The number of halogens is 4. The summed E-state index contributed by atoms with van der Waals surface area (Å²) in [5.74, 6) is -1.96. The predicted octanol–water partition coefficient (Wildman–Crippen LogP) is 2.36. The van der Waals surface area contributed by atoms with Crippen LogP contribution in [-0.2, 0) is 0 Å². The lowest BCUT2D eigenvalue weighted by Crippen LogP contribution is -2.23. The lowest BCUT2D eigenvalue weighted by atomic mass is 10.1. The smallest absolute Gasteiger partial charge is 0.306 e. The van der Waals surface area contributed by atoms with Crippen LogP contribution >= 0.6 is 15.9 Å². The maximum absolute atomic E-state index is 12.3. The van der Waals surface area contributed by atoms with E-state index >= 15 is 0 Å². The van der Waals surface area contributed by atoms with Crippen LogP contribution in [0, 0.1) is 0 Å². The van der Waals surface area contributed by atoms with E-state index in [0.29, 0.717) is 5.52 Å². The lowest BCUT2D eigenvalue weighted by Gasteiger charge is -2.06. The number of aromatic amines is 2. The monoisotopic (exact) mass is 308 g/mol. The Labute approximate surface area is 100.0 Å². The molecule has 8 heteroatoms. The molecule has 4 nitrogen and oxygen atoms in total. The van der Waals surface area contributed by atoms with Crippen molar-refractivity contribution in [1.82, 2.24) is 9.97 Å². The van der Waals surface area contributed by atoms with E-state index in [0.717, 1.165) is 6.07 Å². The number of hydrogen-bond acceptors (Lipinski definition) is 2. The van der Waals surface area contributed by atoms with Gasteiger partial charge in [0, 0.05) is 10.0 Å². The van der Waals surface area contributed by atoms with Crippen molar-refractivity contribution in [2.24, 2.45) is 0 Å². The van der Waals surface area contributed by atoms with Gasteiger partial charge in [-0.25, -0.2) is 4.79 Å². The van der Waals surface area contributed by atoms with Crippen LogP contribution in [0.5, 0.6) is 0 Å². The van der Waals surface area contributed by atoms with Crippen molar-refractivity contribution in [2.45, 2.75) is 6.18 Å². The highest BCUT2D eigenvalue weighted by atomic mass is 79.9. The molecule has 1 heterocycles. The first-order valence-corrected chi connectivity index (χ1v) is 5.11. The molecule has 0 spiro atoms. The summed E-state index contributed by atoms with van der Waals surface area (Å²) in [4.78, 5) is 26.7. The molecule has 0 unspecified atom stereocenters. The first-order chi connectivity index (χ1) is 7.79. The minimum atomic E-state index is -4.95. The SMILES string of the molecule is O=C(c1cc2[nH]c(=O)[nH]c2cc1Br)C(F)(F)F. The fourth-order valence-electron chi connectivity index (χ4n) is 1.38. The molecule has 0 saturated carbocycles. The number of alkyl halides is 3. The maximum atomic E-state index is 12.3. The molecule has 2 rings (SSSR count). The highest BCUT2D eigenvalue weighted by molar-refractivity contribution is 9.10. The standard InChI is InChI=1S/C9H4BrF3N2O2/c10-4-2-6-5(14-8(17)15-6)1-3(4)7(16)9(11,12)13/h1-2H,(H2,14,15,17). The molecule has 1 aromatic carbocycles. The lowest BCUT2D eigenvalue weighted by molar-refractivity contribution is -0.0885. The molecule has 1 aromatic heterocycles. The highest BCUT2D eigenvalue weighted by Gasteiger charge is 2.40. The van der Waals surface area contributed by atoms with Gasteiger partial charge < -0.3 is 9.97 Å². The largest absolute Gasteiger partial charge is 0.454 e. The number of nitrogens with one attached hydrogen (secondary N) is 2. The maximum Gasteiger partial charge on any atom is 0.454 e. The zero-order chi connectivity index (χ0) is 12.8. The van der Waals surface area contributed by atoms with Crippen molar-refractivity contribution < 1.29 is 18.0 Å². The second-order valence-corrected chi connectivity index (χ2v) is 4.14. The summed E-state index contributed by atoms with van der Waals surface area (Å²) in [5.41, 5.74) is -0.629. The first-order valence-electron chi connectivity index (χ1n) is 4.32. The van der Waals surface area contributed by atoms with Crippen LogP contribution < -0.4 is 5.69 Å². The van der Waals surface area contributed by atoms with Crippen LogP contribution in [0.2, 0.25) is 0 Å². The number of aromatic nitrogens is 2. The van der Waals surface area contributed by atoms with Crippen LogP contribution in [0.4, 0.5) is 13.2 Å². The molecule has 0 aliphatic rings. The van der Waals surface area contributed by atoms with Gasteiger partial charge in [-0.15, -0.1) is 0 Å². The Morgan fingerprint density at radius 2 is 1.71 bits per heavy atom. The fourth-order valence-corrected chi connectivity index (χ4v) is 1.91. The van der Waals surface area contributed by atoms with E-state index in [4.69, 9.17) is 0 Å². The zero-order valence-corrected chi connectivity index (χ0v) is 9.57. The van der Waals surface area contributed by atoms with E-state index in [2.05, 4.69) is 25.9 Å². The van der Waals surface area contributed by atoms with E-state index < -0.39 is 23.2 Å². The van der Waals surface area contributed by atoms with E-state index in [9.17, 15) is 22.8 Å². The van der Waals surface area contributed by atoms with Gasteiger partial charge in [0.2, 0.25) is 0 Å². The summed E-state index contributed by atoms with van der Waals surface area (Å²) in [6, 6.07) is 2.22. The van der Waals surface area contributed by atoms with Crippen molar-refractivity contribution >= 4 is 32.7 Å². The van der Waals surface area contributed by atoms with Gasteiger partial charge in [0.25, 0.3) is 5.78 Å². The Morgan fingerprint density at radius 3 is 2.24 bits per heavy atom. The molecule has 90 valence electrons. The molecule has 0 saturated heterocycles. The van der Waals surface area contributed by atoms with Gasteiger partial charge in [0.1, 0.15) is 0 Å². The van der Waals surface area contributed by atoms with Gasteiger partial charge in [0.15, 0.2) is 0 Å². The Bertz CT molecular complexity index is 656. The number of H-pyrrole nitrogens is 2. The van der Waals surface area contributed by atoms with Gasteiger partial charge in [-0.1, -0.05) is 0 Å². The van der Waals surface area contributed by atoms with E-state index in [-0.39, 0.29) is 9.99 Å². The summed E-state index contributed by atoms with van der Waals surface area (Å²) < 4.78 is 36.8. The van der Waals surface area contributed by atoms with Crippen molar-refractivity contribution in [1.29, 1.82) is 0 Å². The van der Waals surface area contributed by atoms with Crippen LogP contribution in [0.3, 0.4) is 0 Å². The van der Waals surface area contributed by atoms with Gasteiger partial charge in [0.05, 0.1) is 11.0 Å². The molecule has 0 bridgehead atoms. The Hall–Kier alpha value is -1.57. The third-order valence-electron chi connectivity index (χ3n) is 2.11. The molecule has 0 aliphatic carbocycles. The fraction of sp³-hybridized carbons (Fsp3) is 0.111. The molecule has 0 amide bonds. The third-order valence-corrected chi connectivity index (χ3v) is 2.76. The Kier molecular flexibility index (Phi) is 2.61. The summed E-state index contributed by atoms with van der Waals surface area (Å²) in [7, 11) is 0. The number of carbonyl (C=O) groups is 1. The van der Waals surface area contributed by atoms with E-state index in [1.165, 1.54) is 6.07 Å². The summed E-state index contributed by atoms with van der Waals surface area (Å²) in [5, 5.41) is 0. The van der Waals surface area contributed by atoms with Gasteiger partial charge in [-0.3, -0.25) is 4.79 Å². The normalized spacial score (nSPS) is 12.0. The van der Waals surface area contributed by atoms with Crippen molar-refractivity contribution in [3.63, 3.8) is 0 Å². The van der Waals surface area contributed by atoms with Crippen LogP contribution in [0.25, 0.3) is 11.0 Å². The number of carbonyl (C=O) groups excluding carboxylic acids is 1. The number of imidazole rings is 1. The summed E-state index contributed by atoms with van der Waals surface area (Å²) in [6.07, 6.45) is -4.95. The highest BCUT2D eigenvalue weighted by Crippen LogP contribution is 2.28. The molecule has 2 aromatic rings. The van der Waals surface area contributed by atoms with Gasteiger partial charge in [-0.05, 0) is 28.1 Å². The first kappa shape index (κ1) is 11.9. The number of benzene rings is 1. The van der Waals surface area contributed by atoms with Crippen molar-refractivity contribution in [3.05, 3.63) is 32.7 Å². The molecule has 0 atom stereocenters. The van der Waals surface area contributed by atoms with E-state index in [1.807, 2.05) is 0 Å². The second-order valence-electron chi connectivity index (χ2n) is 3.28. The average Bonchev–Trinajstić information content (AvgIpc) is 2.53. The molecular weight excluding hydrogens is 305 g/mol. The quantitative estimate of drug-likeness (QED) is 0.794. The predicted molar refractivity (Wildman–Crippen MR) is 57.0 cm³/mol. The average molecular weight is 309 g/mol. The Balaban J connectivity index is 2.66. The van der Waals surface area contributed by atoms with Crippen LogP contribution in [0.1, 0.15) is 10.4 Å². The van der Waals surface area contributed by atoms with Gasteiger partial charge in [-0.2, -0.15) is 13.2 Å². The number of hydrogen-bond donors (Lipinski definition) is 2.